The fourth-order valence-electron chi connectivity index (χ4n) is 6.18. The van der Waals surface area contributed by atoms with Crippen LogP contribution in [-0.2, 0) is 0 Å². The lowest BCUT2D eigenvalue weighted by molar-refractivity contribution is 0.206. The van der Waals surface area contributed by atoms with Crippen LogP contribution >= 0.6 is 0 Å². The van der Waals surface area contributed by atoms with Crippen molar-refractivity contribution in [1.82, 2.24) is 5.32 Å². The third-order valence-electron chi connectivity index (χ3n) is 8.55. The van der Waals surface area contributed by atoms with Crippen molar-refractivity contribution in [2.75, 3.05) is 11.9 Å². The van der Waals surface area contributed by atoms with Gasteiger partial charge in [0.1, 0.15) is 11.6 Å². The third kappa shape index (κ3) is 5.74. The number of carbonyl (C=O) groups excluding carboxylic acids is 1. The summed E-state index contributed by atoms with van der Waals surface area (Å²) < 4.78 is 27.7. The Morgan fingerprint density at radius 1 is 1.10 bits per heavy atom. The maximum Gasteiger partial charge on any atom is 0.322 e. The minimum absolute atomic E-state index is 0.175. The predicted octanol–water partition coefficient (Wildman–Crippen LogP) is 8.03. The van der Waals surface area contributed by atoms with Gasteiger partial charge >= 0.3 is 6.03 Å². The van der Waals surface area contributed by atoms with E-state index >= 15 is 0 Å². The number of halogens is 2. The van der Waals surface area contributed by atoms with Gasteiger partial charge in [-0.1, -0.05) is 42.8 Å². The van der Waals surface area contributed by atoms with Gasteiger partial charge in [0.15, 0.2) is 0 Å². The van der Waals surface area contributed by atoms with Crippen LogP contribution in [-0.4, -0.2) is 25.0 Å². The van der Waals surface area contributed by atoms with E-state index in [4.69, 9.17) is 10.4 Å². The number of rotatable bonds is 7. The molecule has 2 aliphatic carbocycles. The average Bonchev–Trinajstić information content (AvgIpc) is 3.28. The first kappa shape index (κ1) is 27.4. The molecule has 5 nitrogen and oxygen atoms in total. The summed E-state index contributed by atoms with van der Waals surface area (Å²) in [5, 5.41) is 11.3. The molecule has 0 heterocycles. The molecule has 4 unspecified atom stereocenters. The standard InChI is InChI=1S/C33H34F2N4O/c1-33-20-23(21-36)31(37-28-15-13-26(34)14-16-28)19-25(33)12-11-24(33)18-30(22-7-6-8-27(35)17-22)38-32(40)39(2)29-9-4-3-5-10-29/h3-10,13-17,19,21,23-24,30,36H,11-12,18,20H2,1-2H3,(H,38,40). The van der Waals surface area contributed by atoms with Crippen LogP contribution in [0.1, 0.15) is 44.2 Å². The first-order valence-electron chi connectivity index (χ1n) is 13.7. The molecule has 3 aromatic rings. The van der Waals surface area contributed by atoms with E-state index in [0.717, 1.165) is 36.2 Å². The summed E-state index contributed by atoms with van der Waals surface area (Å²) in [7, 11) is 1.73. The van der Waals surface area contributed by atoms with Gasteiger partial charge in [-0.3, -0.25) is 9.89 Å². The van der Waals surface area contributed by atoms with Crippen LogP contribution in [0, 0.1) is 34.3 Å². The summed E-state index contributed by atoms with van der Waals surface area (Å²) in [6.45, 7) is 2.24. The number of benzene rings is 3. The second kappa shape index (κ2) is 11.5. The molecule has 2 amide bonds. The molecular weight excluding hydrogens is 506 g/mol. The quantitative estimate of drug-likeness (QED) is 0.293. The van der Waals surface area contributed by atoms with E-state index in [0.29, 0.717) is 12.1 Å². The topological polar surface area (TPSA) is 68.6 Å². The zero-order valence-electron chi connectivity index (χ0n) is 22.8. The smallest absolute Gasteiger partial charge is 0.322 e. The summed E-state index contributed by atoms with van der Waals surface area (Å²) in [6, 6.07) is 21.3. The molecule has 1 fully saturated rings. The molecule has 5 rings (SSSR count). The summed E-state index contributed by atoms with van der Waals surface area (Å²) in [6.07, 6.45) is 6.73. The molecule has 0 saturated heterocycles. The SMILES string of the molecule is CN(C(=O)NC(CC1CCC2=CC(=Nc3ccc(F)cc3)C(C=N)CC21C)c1cccc(F)c1)c1ccccc1. The molecule has 0 spiro atoms. The Labute approximate surface area is 234 Å². The minimum Gasteiger partial charge on any atom is -0.331 e. The van der Waals surface area contributed by atoms with Gasteiger partial charge in [-0.2, -0.15) is 0 Å². The van der Waals surface area contributed by atoms with Crippen LogP contribution in [0.2, 0.25) is 0 Å². The van der Waals surface area contributed by atoms with Gasteiger partial charge < -0.3 is 10.7 Å². The van der Waals surface area contributed by atoms with E-state index in [-0.39, 0.29) is 41.0 Å². The molecule has 1 saturated carbocycles. The molecule has 206 valence electrons. The van der Waals surface area contributed by atoms with Crippen molar-refractivity contribution in [2.45, 2.75) is 38.6 Å². The van der Waals surface area contributed by atoms with Gasteiger partial charge in [-0.05, 0) is 97.2 Å². The van der Waals surface area contributed by atoms with Crippen LogP contribution in [0.15, 0.2) is 95.5 Å². The van der Waals surface area contributed by atoms with E-state index in [1.807, 2.05) is 36.4 Å². The average molecular weight is 541 g/mol. The van der Waals surface area contributed by atoms with Crippen molar-refractivity contribution in [3.05, 3.63) is 108 Å². The highest BCUT2D eigenvalue weighted by Gasteiger charge is 2.47. The van der Waals surface area contributed by atoms with Crippen LogP contribution < -0.4 is 10.2 Å². The number of fused-ring (bicyclic) bond motifs is 1. The predicted molar refractivity (Wildman–Crippen MR) is 156 cm³/mol. The number of allylic oxidation sites excluding steroid dienone is 2. The Bertz CT molecular complexity index is 1440. The summed E-state index contributed by atoms with van der Waals surface area (Å²) in [4.78, 5) is 19.6. The largest absolute Gasteiger partial charge is 0.331 e. The molecule has 2 aliphatic rings. The highest BCUT2D eigenvalue weighted by atomic mass is 19.1. The number of para-hydroxylation sites is 1. The molecule has 0 aromatic heterocycles. The second-order valence-electron chi connectivity index (χ2n) is 11.0. The number of hydrogen-bond acceptors (Lipinski definition) is 3. The minimum atomic E-state index is -0.386. The summed E-state index contributed by atoms with van der Waals surface area (Å²) in [5.41, 5.74) is 4.07. The Morgan fingerprint density at radius 2 is 1.85 bits per heavy atom. The molecule has 2 N–H and O–H groups in total. The number of nitrogens with zero attached hydrogens (tertiary/aromatic N) is 2. The van der Waals surface area contributed by atoms with Crippen molar-refractivity contribution in [3.63, 3.8) is 0 Å². The van der Waals surface area contributed by atoms with Gasteiger partial charge in [0.05, 0.1) is 11.7 Å². The van der Waals surface area contributed by atoms with Gasteiger partial charge in [-0.15, -0.1) is 0 Å². The van der Waals surface area contributed by atoms with E-state index in [9.17, 15) is 13.6 Å². The van der Waals surface area contributed by atoms with E-state index in [2.05, 4.69) is 18.3 Å². The zero-order valence-corrected chi connectivity index (χ0v) is 22.8. The van der Waals surface area contributed by atoms with Crippen molar-refractivity contribution in [2.24, 2.45) is 22.2 Å². The molecule has 7 heteroatoms. The number of aliphatic imine (C=N–C) groups is 1. The molecule has 40 heavy (non-hydrogen) atoms. The lowest BCUT2D eigenvalue weighted by atomic mass is 9.65. The van der Waals surface area contributed by atoms with Gasteiger partial charge in [0, 0.05) is 30.6 Å². The Kier molecular flexibility index (Phi) is 7.92. The molecular formula is C33H34F2N4O. The van der Waals surface area contributed by atoms with Crippen LogP contribution in [0.25, 0.3) is 0 Å². The maximum absolute atomic E-state index is 14.3. The first-order valence-corrected chi connectivity index (χ1v) is 13.7. The van der Waals surface area contributed by atoms with Gasteiger partial charge in [-0.25, -0.2) is 13.6 Å². The van der Waals surface area contributed by atoms with E-state index < -0.39 is 0 Å². The number of anilines is 1. The molecule has 3 aromatic carbocycles. The monoisotopic (exact) mass is 540 g/mol. The summed E-state index contributed by atoms with van der Waals surface area (Å²) >= 11 is 0. The normalized spacial score (nSPS) is 23.7. The van der Waals surface area contributed by atoms with Gasteiger partial charge in [0.2, 0.25) is 0 Å². The maximum atomic E-state index is 14.3. The number of carbonyl (C=O) groups is 1. The molecule has 0 radical (unpaired) electrons. The van der Waals surface area contributed by atoms with E-state index in [1.54, 1.807) is 30.1 Å². The van der Waals surface area contributed by atoms with E-state index in [1.165, 1.54) is 36.1 Å². The molecule has 4 atom stereocenters. The number of amides is 2. The fourth-order valence-corrected chi connectivity index (χ4v) is 6.18. The Morgan fingerprint density at radius 3 is 2.55 bits per heavy atom. The Balaban J connectivity index is 1.41. The zero-order chi connectivity index (χ0) is 28.3. The highest BCUT2D eigenvalue weighted by Crippen LogP contribution is 2.56. The molecule has 0 aliphatic heterocycles. The fraction of sp³-hybridized carbons (Fsp3) is 0.303. The summed E-state index contributed by atoms with van der Waals surface area (Å²) in [5.74, 6) is -0.611. The number of urea groups is 1. The van der Waals surface area contributed by atoms with Crippen LogP contribution in [0.5, 0.6) is 0 Å². The first-order chi connectivity index (χ1) is 19.3. The third-order valence-corrected chi connectivity index (χ3v) is 8.55. The van der Waals surface area contributed by atoms with Crippen molar-refractivity contribution >= 4 is 29.3 Å². The highest BCUT2D eigenvalue weighted by molar-refractivity contribution is 6.08. The van der Waals surface area contributed by atoms with Crippen LogP contribution in [0.4, 0.5) is 25.0 Å². The van der Waals surface area contributed by atoms with Crippen molar-refractivity contribution in [1.29, 1.82) is 5.41 Å². The van der Waals surface area contributed by atoms with Crippen molar-refractivity contribution < 1.29 is 13.6 Å². The Hall–Kier alpha value is -4.13. The number of nitrogens with one attached hydrogen (secondary N) is 2. The lowest BCUT2D eigenvalue weighted by Gasteiger charge is -2.40. The van der Waals surface area contributed by atoms with Crippen molar-refractivity contribution in [3.8, 4) is 0 Å². The van der Waals surface area contributed by atoms with Gasteiger partial charge in [0.25, 0.3) is 0 Å². The number of hydrogen-bond donors (Lipinski definition) is 2. The molecule has 0 bridgehead atoms. The lowest BCUT2D eigenvalue weighted by Crippen LogP contribution is -2.41. The van der Waals surface area contributed by atoms with Crippen LogP contribution in [0.3, 0.4) is 0 Å². The second-order valence-corrected chi connectivity index (χ2v) is 11.0.